The number of nitrogens with zero attached hydrogens (tertiary/aromatic N) is 1. The molecule has 1 aliphatic heterocycles. The fourth-order valence-corrected chi connectivity index (χ4v) is 3.85. The van der Waals surface area contributed by atoms with Gasteiger partial charge in [0.25, 0.3) is 5.91 Å². The maximum atomic E-state index is 13.2. The van der Waals surface area contributed by atoms with Gasteiger partial charge in [0.05, 0.1) is 12.5 Å². The average molecular weight is 529 g/mol. The molecule has 204 valence electrons. The molecule has 4 atom stereocenters. The lowest BCUT2D eigenvalue weighted by Gasteiger charge is -2.29. The van der Waals surface area contributed by atoms with Crippen LogP contribution >= 0.6 is 0 Å². The van der Waals surface area contributed by atoms with Crippen molar-refractivity contribution in [2.24, 2.45) is 11.8 Å². The number of aromatic hydroxyl groups is 1. The minimum Gasteiger partial charge on any atom is -0.503 e. The summed E-state index contributed by atoms with van der Waals surface area (Å²) in [5.41, 5.74) is 0.409. The first-order chi connectivity index (χ1) is 18.1. The van der Waals surface area contributed by atoms with Crippen LogP contribution in [0.4, 0.5) is 0 Å². The number of esters is 3. The molecule has 1 aliphatic rings. The van der Waals surface area contributed by atoms with Crippen LogP contribution in [0.3, 0.4) is 0 Å². The van der Waals surface area contributed by atoms with Gasteiger partial charge in [-0.1, -0.05) is 44.2 Å². The molecule has 0 saturated carbocycles. The van der Waals surface area contributed by atoms with Crippen LogP contribution in [0, 0.1) is 11.8 Å². The van der Waals surface area contributed by atoms with Crippen molar-refractivity contribution in [3.63, 3.8) is 0 Å². The van der Waals surface area contributed by atoms with Gasteiger partial charge in [0.15, 0.2) is 29.3 Å². The lowest BCUT2D eigenvalue weighted by molar-refractivity contribution is -0.176. The first-order valence-electron chi connectivity index (χ1n) is 12.4. The summed E-state index contributed by atoms with van der Waals surface area (Å²) in [6, 6.07) is 9.05. The number of nitrogens with one attached hydrogen (secondary N) is 1. The predicted octanol–water partition coefficient (Wildman–Crippen LogP) is 2.20. The molecule has 0 aliphatic carbocycles. The van der Waals surface area contributed by atoms with Gasteiger partial charge in [0, 0.05) is 12.3 Å². The molecule has 0 bridgehead atoms. The lowest BCUT2D eigenvalue weighted by atomic mass is 9.91. The Kier molecular flexibility index (Phi) is 9.64. The molecule has 3 rings (SSSR count). The van der Waals surface area contributed by atoms with Gasteiger partial charge in [0.1, 0.15) is 18.6 Å². The molecule has 1 saturated heterocycles. The molecule has 11 heteroatoms. The third-order valence-corrected chi connectivity index (χ3v) is 5.87. The Hall–Kier alpha value is -4.15. The molecule has 2 aromatic rings. The van der Waals surface area contributed by atoms with E-state index in [1.165, 1.54) is 19.2 Å². The molecule has 0 spiro atoms. The summed E-state index contributed by atoms with van der Waals surface area (Å²) in [4.78, 5) is 55.5. The molecule has 38 heavy (non-hydrogen) atoms. The second-order valence-electron chi connectivity index (χ2n) is 9.09. The Morgan fingerprint density at radius 2 is 1.87 bits per heavy atom. The van der Waals surface area contributed by atoms with Crippen molar-refractivity contribution in [1.29, 1.82) is 0 Å². The molecule has 1 aromatic heterocycles. The maximum Gasteiger partial charge on any atom is 0.332 e. The van der Waals surface area contributed by atoms with Gasteiger partial charge in [-0.15, -0.1) is 0 Å². The van der Waals surface area contributed by atoms with Crippen molar-refractivity contribution < 1.29 is 43.2 Å². The van der Waals surface area contributed by atoms with E-state index in [1.807, 2.05) is 30.3 Å². The van der Waals surface area contributed by atoms with Gasteiger partial charge >= 0.3 is 17.9 Å². The number of carbonyl (C=O) groups excluding carboxylic acids is 4. The zero-order valence-corrected chi connectivity index (χ0v) is 21.7. The van der Waals surface area contributed by atoms with E-state index in [0.717, 1.165) is 5.56 Å². The van der Waals surface area contributed by atoms with Crippen LogP contribution in [0.1, 0.15) is 43.7 Å². The van der Waals surface area contributed by atoms with Crippen molar-refractivity contribution in [3.8, 4) is 11.5 Å². The largest absolute Gasteiger partial charge is 0.503 e. The predicted molar refractivity (Wildman–Crippen MR) is 133 cm³/mol. The highest BCUT2D eigenvalue weighted by atomic mass is 16.6. The summed E-state index contributed by atoms with van der Waals surface area (Å²) in [5.74, 6) is -5.03. The Bertz CT molecular complexity index is 1150. The molecule has 1 amide bonds. The third-order valence-electron chi connectivity index (χ3n) is 5.87. The van der Waals surface area contributed by atoms with Gasteiger partial charge in [-0.25, -0.2) is 9.78 Å². The first-order valence-corrected chi connectivity index (χ1v) is 12.4. The van der Waals surface area contributed by atoms with Crippen molar-refractivity contribution in [2.75, 3.05) is 13.2 Å². The van der Waals surface area contributed by atoms with Crippen molar-refractivity contribution in [3.05, 3.63) is 53.9 Å². The van der Waals surface area contributed by atoms with Crippen LogP contribution in [0.5, 0.6) is 11.5 Å². The topological polar surface area (TPSA) is 150 Å². The van der Waals surface area contributed by atoms with Gasteiger partial charge in [-0.3, -0.25) is 14.4 Å². The summed E-state index contributed by atoms with van der Waals surface area (Å²) in [7, 11) is 0. The lowest BCUT2D eigenvalue weighted by Crippen LogP contribution is -2.47. The number of aromatic nitrogens is 1. The van der Waals surface area contributed by atoms with Gasteiger partial charge in [-0.2, -0.15) is 0 Å². The minimum absolute atomic E-state index is 0.0447. The second-order valence-corrected chi connectivity index (χ2v) is 9.09. The summed E-state index contributed by atoms with van der Waals surface area (Å²) in [6.45, 7) is 6.21. The van der Waals surface area contributed by atoms with E-state index in [0.29, 0.717) is 0 Å². The van der Waals surface area contributed by atoms with Gasteiger partial charge in [0.2, 0.25) is 0 Å². The minimum atomic E-state index is -1.41. The first kappa shape index (κ1) is 28.4. The monoisotopic (exact) mass is 528 g/mol. The standard InChI is InChI=1S/C27H32N2O9/c1-5-35-20-11-12-28-21(22(20)30)24(31)29-19-14-36-26(33)18(13-17-9-7-6-8-10-17)23(16(4)37-27(19)34)38-25(32)15(2)3/h6-12,15-16,18-19,23,30H,5,13-14H2,1-4H3,(H,29,31). The SMILES string of the molecule is CCOc1ccnc(C(=O)NC2COC(=O)C(Cc3ccccc3)C(OC(=O)C(C)C)C(C)OC2=O)c1O. The fourth-order valence-electron chi connectivity index (χ4n) is 3.85. The van der Waals surface area contributed by atoms with E-state index in [4.69, 9.17) is 18.9 Å². The highest BCUT2D eigenvalue weighted by molar-refractivity contribution is 5.98. The average Bonchev–Trinajstić information content (AvgIpc) is 2.92. The van der Waals surface area contributed by atoms with Crippen LogP contribution in [-0.4, -0.2) is 65.4 Å². The fraction of sp³-hybridized carbons (Fsp3) is 0.444. The van der Waals surface area contributed by atoms with E-state index in [2.05, 4.69) is 10.3 Å². The number of carbonyl (C=O) groups is 4. The smallest absolute Gasteiger partial charge is 0.332 e. The van der Waals surface area contributed by atoms with E-state index < -0.39 is 66.3 Å². The molecule has 11 nitrogen and oxygen atoms in total. The molecule has 2 heterocycles. The van der Waals surface area contributed by atoms with E-state index in [1.54, 1.807) is 20.8 Å². The van der Waals surface area contributed by atoms with E-state index >= 15 is 0 Å². The molecule has 0 radical (unpaired) electrons. The number of ether oxygens (including phenoxy) is 4. The third kappa shape index (κ3) is 6.99. The van der Waals surface area contributed by atoms with E-state index in [-0.39, 0.29) is 24.5 Å². The van der Waals surface area contributed by atoms with Gasteiger partial charge in [-0.05, 0) is 25.8 Å². The summed E-state index contributed by atoms with van der Waals surface area (Å²) in [6.07, 6.45) is -0.747. The van der Waals surface area contributed by atoms with Crippen LogP contribution < -0.4 is 10.1 Å². The maximum absolute atomic E-state index is 13.2. The number of hydrogen-bond acceptors (Lipinski definition) is 10. The van der Waals surface area contributed by atoms with Crippen molar-refractivity contribution in [2.45, 2.75) is 52.4 Å². The number of cyclic esters (lactones) is 2. The molecule has 2 N–H and O–H groups in total. The Labute approximate surface area is 220 Å². The zero-order valence-electron chi connectivity index (χ0n) is 21.7. The highest BCUT2D eigenvalue weighted by Gasteiger charge is 2.42. The summed E-state index contributed by atoms with van der Waals surface area (Å²) < 4.78 is 21.9. The normalized spacial score (nSPS) is 21.8. The van der Waals surface area contributed by atoms with Gasteiger partial charge < -0.3 is 29.4 Å². The summed E-state index contributed by atoms with van der Waals surface area (Å²) >= 11 is 0. The number of amides is 1. The number of benzene rings is 1. The molecule has 1 aromatic carbocycles. The van der Waals surface area contributed by atoms with Crippen molar-refractivity contribution in [1.82, 2.24) is 10.3 Å². The molecular formula is C27H32N2O9. The Balaban J connectivity index is 1.86. The zero-order chi connectivity index (χ0) is 27.8. The number of pyridine rings is 1. The van der Waals surface area contributed by atoms with Crippen LogP contribution in [0.15, 0.2) is 42.6 Å². The quantitative estimate of drug-likeness (QED) is 0.385. The molecule has 4 unspecified atom stereocenters. The van der Waals surface area contributed by atoms with Crippen LogP contribution in [0.2, 0.25) is 0 Å². The van der Waals surface area contributed by atoms with E-state index in [9.17, 15) is 24.3 Å². The van der Waals surface area contributed by atoms with Crippen LogP contribution in [0.25, 0.3) is 0 Å². The second kappa shape index (κ2) is 12.9. The number of hydrogen-bond donors (Lipinski definition) is 2. The summed E-state index contributed by atoms with van der Waals surface area (Å²) in [5, 5.41) is 12.7. The highest BCUT2D eigenvalue weighted by Crippen LogP contribution is 2.28. The Morgan fingerprint density at radius 3 is 2.53 bits per heavy atom. The molecule has 1 fully saturated rings. The number of rotatable bonds is 8. The Morgan fingerprint density at radius 1 is 1.16 bits per heavy atom. The van der Waals surface area contributed by atoms with Crippen molar-refractivity contribution >= 4 is 23.8 Å². The van der Waals surface area contributed by atoms with Crippen LogP contribution in [-0.2, 0) is 35.0 Å². The molecular weight excluding hydrogens is 496 g/mol.